The molecule has 3 aromatic rings. The minimum absolute atomic E-state index is 0.194. The number of piperidine rings is 1. The predicted molar refractivity (Wildman–Crippen MR) is 108 cm³/mol. The molecule has 28 heavy (non-hydrogen) atoms. The van der Waals surface area contributed by atoms with E-state index in [0.29, 0.717) is 19.6 Å². The second-order valence-electron chi connectivity index (χ2n) is 7.27. The van der Waals surface area contributed by atoms with E-state index in [9.17, 15) is 9.90 Å². The molecule has 0 saturated carbocycles. The van der Waals surface area contributed by atoms with Gasteiger partial charge < -0.3 is 30.2 Å². The first kappa shape index (κ1) is 18.6. The molecule has 1 saturated heterocycles. The summed E-state index contributed by atoms with van der Waals surface area (Å²) >= 11 is 0. The highest BCUT2D eigenvalue weighted by molar-refractivity contribution is 6.10. The molecule has 4 N–H and O–H groups in total. The van der Waals surface area contributed by atoms with Gasteiger partial charge in [-0.1, -0.05) is 24.3 Å². The van der Waals surface area contributed by atoms with Gasteiger partial charge in [-0.15, -0.1) is 0 Å². The number of H-pyrrole nitrogens is 1. The average Bonchev–Trinajstić information content (AvgIpc) is 3.10. The molecular formula is C21H25N3O4. The van der Waals surface area contributed by atoms with Crippen LogP contribution in [0.2, 0.25) is 0 Å². The standard InChI is InChI=1S/C21H25N3O4/c25-15(12-22-14-8-10-24(11-9-14)21(26)27)13-28-19-7-3-6-18-20(19)16-4-1-2-5-17(16)23-18/h1-7,14-15,22-23,25H,8-13H2,(H,26,27). The Morgan fingerprint density at radius 1 is 1.18 bits per heavy atom. The van der Waals surface area contributed by atoms with Gasteiger partial charge in [0.25, 0.3) is 0 Å². The predicted octanol–water partition coefficient (Wildman–Crippen LogP) is 2.79. The van der Waals surface area contributed by atoms with Gasteiger partial charge in [0, 0.05) is 42.0 Å². The molecule has 148 valence electrons. The number of ether oxygens (including phenoxy) is 1. The van der Waals surface area contributed by atoms with Crippen molar-refractivity contribution in [3.63, 3.8) is 0 Å². The fourth-order valence-electron chi connectivity index (χ4n) is 3.81. The number of hydrogen-bond donors (Lipinski definition) is 4. The lowest BCUT2D eigenvalue weighted by atomic mass is 10.1. The fraction of sp³-hybridized carbons (Fsp3) is 0.381. The summed E-state index contributed by atoms with van der Waals surface area (Å²) in [6.07, 6.45) is 0.0135. The van der Waals surface area contributed by atoms with Gasteiger partial charge in [-0.25, -0.2) is 4.79 Å². The zero-order chi connectivity index (χ0) is 19.5. The molecule has 7 heteroatoms. The van der Waals surface area contributed by atoms with Crippen molar-refractivity contribution in [3.8, 4) is 5.75 Å². The highest BCUT2D eigenvalue weighted by atomic mass is 16.5. The number of hydrogen-bond acceptors (Lipinski definition) is 4. The Morgan fingerprint density at radius 3 is 2.71 bits per heavy atom. The van der Waals surface area contributed by atoms with Crippen LogP contribution in [-0.2, 0) is 0 Å². The van der Waals surface area contributed by atoms with Crippen LogP contribution in [0.1, 0.15) is 12.8 Å². The summed E-state index contributed by atoms with van der Waals surface area (Å²) in [7, 11) is 0. The van der Waals surface area contributed by atoms with Crippen LogP contribution in [-0.4, -0.2) is 64.6 Å². The van der Waals surface area contributed by atoms with Gasteiger partial charge in [-0.05, 0) is 31.0 Å². The SMILES string of the molecule is O=C(O)N1CCC(NCC(O)COc2cccc3[nH]c4ccccc4c23)CC1. The maximum absolute atomic E-state index is 10.9. The number of nitrogens with one attached hydrogen (secondary N) is 2. The molecule has 1 aliphatic heterocycles. The van der Waals surface area contributed by atoms with E-state index in [1.165, 1.54) is 4.90 Å². The molecule has 2 aromatic carbocycles. The monoisotopic (exact) mass is 383 g/mol. The molecule has 1 fully saturated rings. The van der Waals surface area contributed by atoms with Crippen molar-refractivity contribution < 1.29 is 19.7 Å². The average molecular weight is 383 g/mol. The number of fused-ring (bicyclic) bond motifs is 3. The molecule has 4 rings (SSSR count). The largest absolute Gasteiger partial charge is 0.490 e. The lowest BCUT2D eigenvalue weighted by Crippen LogP contribution is -2.46. The van der Waals surface area contributed by atoms with E-state index in [0.717, 1.165) is 40.4 Å². The number of aromatic amines is 1. The quantitative estimate of drug-likeness (QED) is 0.525. The Morgan fingerprint density at radius 2 is 1.93 bits per heavy atom. The smallest absolute Gasteiger partial charge is 0.407 e. The topological polar surface area (TPSA) is 97.8 Å². The zero-order valence-electron chi connectivity index (χ0n) is 15.6. The molecular weight excluding hydrogens is 358 g/mol. The maximum Gasteiger partial charge on any atom is 0.407 e. The third-order valence-electron chi connectivity index (χ3n) is 5.33. The van der Waals surface area contributed by atoms with Gasteiger partial charge in [-0.3, -0.25) is 0 Å². The van der Waals surface area contributed by atoms with Crippen LogP contribution in [0.4, 0.5) is 4.79 Å². The summed E-state index contributed by atoms with van der Waals surface area (Å²) in [6, 6.07) is 14.2. The molecule has 0 spiro atoms. The Kier molecular flexibility index (Phi) is 5.36. The number of rotatable bonds is 6. The van der Waals surface area contributed by atoms with Gasteiger partial charge in [-0.2, -0.15) is 0 Å². The molecule has 0 bridgehead atoms. The van der Waals surface area contributed by atoms with Crippen molar-refractivity contribution in [3.05, 3.63) is 42.5 Å². The number of carbonyl (C=O) groups is 1. The third-order valence-corrected chi connectivity index (χ3v) is 5.33. The summed E-state index contributed by atoms with van der Waals surface area (Å²) in [5.41, 5.74) is 2.07. The number of aromatic nitrogens is 1. The van der Waals surface area contributed by atoms with E-state index in [2.05, 4.69) is 16.4 Å². The fourth-order valence-corrected chi connectivity index (χ4v) is 3.81. The highest BCUT2D eigenvalue weighted by Crippen LogP contribution is 2.32. The van der Waals surface area contributed by atoms with Crippen LogP contribution >= 0.6 is 0 Å². The van der Waals surface area contributed by atoms with Crippen molar-refractivity contribution in [2.45, 2.75) is 25.0 Å². The maximum atomic E-state index is 10.9. The molecule has 2 heterocycles. The molecule has 1 aromatic heterocycles. The second-order valence-corrected chi connectivity index (χ2v) is 7.27. The van der Waals surface area contributed by atoms with Gasteiger partial charge >= 0.3 is 6.09 Å². The molecule has 1 amide bonds. The van der Waals surface area contributed by atoms with Gasteiger partial charge in [0.05, 0.1) is 5.52 Å². The highest BCUT2D eigenvalue weighted by Gasteiger charge is 2.22. The first-order chi connectivity index (χ1) is 13.6. The van der Waals surface area contributed by atoms with Crippen LogP contribution in [0.5, 0.6) is 5.75 Å². The Balaban J connectivity index is 1.33. The van der Waals surface area contributed by atoms with Crippen LogP contribution in [0, 0.1) is 0 Å². The minimum atomic E-state index is -0.863. The lowest BCUT2D eigenvalue weighted by Gasteiger charge is -2.31. The summed E-state index contributed by atoms with van der Waals surface area (Å²) in [5.74, 6) is 0.753. The number of nitrogens with zero attached hydrogens (tertiary/aromatic N) is 1. The van der Waals surface area contributed by atoms with Crippen molar-refractivity contribution in [1.29, 1.82) is 0 Å². The number of carboxylic acid groups (broad SMARTS) is 1. The first-order valence-electron chi connectivity index (χ1n) is 9.63. The number of amides is 1. The summed E-state index contributed by atoms with van der Waals surface area (Å²) in [6.45, 7) is 1.67. The summed E-state index contributed by atoms with van der Waals surface area (Å²) in [5, 5.41) is 24.8. The van der Waals surface area contributed by atoms with E-state index in [1.54, 1.807) is 0 Å². The van der Waals surface area contributed by atoms with E-state index in [-0.39, 0.29) is 12.6 Å². The van der Waals surface area contributed by atoms with Crippen molar-refractivity contribution in [2.75, 3.05) is 26.2 Å². The molecule has 7 nitrogen and oxygen atoms in total. The van der Waals surface area contributed by atoms with Gasteiger partial charge in [0.15, 0.2) is 0 Å². The molecule has 1 unspecified atom stereocenters. The molecule has 1 atom stereocenters. The van der Waals surface area contributed by atoms with E-state index in [1.807, 2.05) is 36.4 Å². The number of benzene rings is 2. The summed E-state index contributed by atoms with van der Waals surface area (Å²) in [4.78, 5) is 15.8. The van der Waals surface area contributed by atoms with E-state index < -0.39 is 12.2 Å². The molecule has 1 aliphatic rings. The van der Waals surface area contributed by atoms with E-state index in [4.69, 9.17) is 9.84 Å². The number of aliphatic hydroxyl groups excluding tert-OH is 1. The Bertz CT molecular complexity index is 963. The lowest BCUT2D eigenvalue weighted by molar-refractivity contribution is 0.0969. The minimum Gasteiger partial charge on any atom is -0.490 e. The van der Waals surface area contributed by atoms with Crippen LogP contribution in [0.25, 0.3) is 21.8 Å². The first-order valence-corrected chi connectivity index (χ1v) is 9.63. The van der Waals surface area contributed by atoms with Crippen LogP contribution in [0.3, 0.4) is 0 Å². The van der Waals surface area contributed by atoms with Crippen molar-refractivity contribution >= 4 is 27.9 Å². The number of para-hydroxylation sites is 1. The number of aliphatic hydroxyl groups is 1. The van der Waals surface area contributed by atoms with E-state index >= 15 is 0 Å². The molecule has 0 aliphatic carbocycles. The Labute approximate surface area is 162 Å². The van der Waals surface area contributed by atoms with Crippen LogP contribution in [0.15, 0.2) is 42.5 Å². The van der Waals surface area contributed by atoms with Crippen molar-refractivity contribution in [2.24, 2.45) is 0 Å². The Hall–Kier alpha value is -2.77. The van der Waals surface area contributed by atoms with Crippen LogP contribution < -0.4 is 10.1 Å². The zero-order valence-corrected chi connectivity index (χ0v) is 15.6. The van der Waals surface area contributed by atoms with Crippen molar-refractivity contribution in [1.82, 2.24) is 15.2 Å². The van der Waals surface area contributed by atoms with Gasteiger partial charge in [0.1, 0.15) is 18.5 Å². The second kappa shape index (κ2) is 8.08. The van der Waals surface area contributed by atoms with Gasteiger partial charge in [0.2, 0.25) is 0 Å². The number of likely N-dealkylation sites (tertiary alicyclic amines) is 1. The summed E-state index contributed by atoms with van der Waals surface area (Å²) < 4.78 is 5.94. The molecule has 0 radical (unpaired) electrons. The third kappa shape index (κ3) is 3.90. The normalized spacial score (nSPS) is 16.5.